The van der Waals surface area contributed by atoms with Crippen molar-refractivity contribution in [2.24, 2.45) is 0 Å². The van der Waals surface area contributed by atoms with Gasteiger partial charge < -0.3 is 9.47 Å². The van der Waals surface area contributed by atoms with E-state index in [9.17, 15) is 9.59 Å². The number of aromatic nitrogens is 1. The van der Waals surface area contributed by atoms with Crippen molar-refractivity contribution in [3.8, 4) is 0 Å². The number of hydrogen-bond donors (Lipinski definition) is 0. The number of pyridine rings is 1. The lowest BCUT2D eigenvalue weighted by atomic mass is 9.97. The van der Waals surface area contributed by atoms with Gasteiger partial charge in [0.1, 0.15) is 0 Å². The molecule has 0 atom stereocenters. The molecule has 0 N–H and O–H groups in total. The van der Waals surface area contributed by atoms with Crippen molar-refractivity contribution in [3.63, 3.8) is 0 Å². The maximum absolute atomic E-state index is 12.9. The molecule has 0 bridgehead atoms. The van der Waals surface area contributed by atoms with Gasteiger partial charge in [-0.25, -0.2) is 4.79 Å². The predicted molar refractivity (Wildman–Crippen MR) is 112 cm³/mol. The third-order valence-corrected chi connectivity index (χ3v) is 4.77. The van der Waals surface area contributed by atoms with Crippen molar-refractivity contribution in [2.75, 3.05) is 13.7 Å². The fourth-order valence-corrected chi connectivity index (χ4v) is 3.34. The summed E-state index contributed by atoms with van der Waals surface area (Å²) in [5.41, 5.74) is 4.35. The van der Waals surface area contributed by atoms with Crippen LogP contribution in [0.4, 0.5) is 0 Å². The number of Topliss-reactive ketones (excluding diaryl/α,β-unsaturated/α-hetero) is 1. The molecule has 2 aromatic carbocycles. The Labute approximate surface area is 170 Å². The molecular weight excluding hydrogens is 366 g/mol. The second kappa shape index (κ2) is 9.43. The Balaban J connectivity index is 1.74. The maximum Gasteiger partial charge on any atom is 0.337 e. The van der Waals surface area contributed by atoms with Gasteiger partial charge in [0.05, 0.1) is 24.8 Å². The predicted octanol–water partition coefficient (Wildman–Crippen LogP) is 4.82. The molecule has 0 fully saturated rings. The number of benzene rings is 2. The lowest BCUT2D eigenvalue weighted by molar-refractivity contribution is 0.0601. The summed E-state index contributed by atoms with van der Waals surface area (Å²) in [6, 6.07) is 15.2. The SMILES string of the molecule is COC(=O)c1cc(C(=O)CCCOCc2ccccc2)c2nc(C)cc(C)c2c1. The Morgan fingerprint density at radius 2 is 1.79 bits per heavy atom. The van der Waals surface area contributed by atoms with Gasteiger partial charge in [-0.15, -0.1) is 0 Å². The van der Waals surface area contributed by atoms with Crippen molar-refractivity contribution in [3.05, 3.63) is 76.5 Å². The molecule has 1 aromatic heterocycles. The van der Waals surface area contributed by atoms with Crippen LogP contribution in [0.3, 0.4) is 0 Å². The number of rotatable bonds is 8. The number of ether oxygens (including phenoxy) is 2. The van der Waals surface area contributed by atoms with Crippen LogP contribution in [-0.4, -0.2) is 30.5 Å². The number of ketones is 1. The van der Waals surface area contributed by atoms with E-state index in [0.717, 1.165) is 22.2 Å². The summed E-state index contributed by atoms with van der Waals surface area (Å²) in [6.45, 7) is 4.85. The average Bonchev–Trinajstić information content (AvgIpc) is 2.73. The molecule has 0 aliphatic carbocycles. The van der Waals surface area contributed by atoms with Crippen LogP contribution in [0, 0.1) is 13.8 Å². The highest BCUT2D eigenvalue weighted by Gasteiger charge is 2.18. The Bertz CT molecular complexity index is 1030. The second-order valence-corrected chi connectivity index (χ2v) is 7.06. The van der Waals surface area contributed by atoms with Crippen molar-refractivity contribution in [1.82, 2.24) is 4.98 Å². The minimum Gasteiger partial charge on any atom is -0.465 e. The van der Waals surface area contributed by atoms with E-state index in [1.54, 1.807) is 12.1 Å². The zero-order valence-corrected chi connectivity index (χ0v) is 17.0. The number of hydrogen-bond acceptors (Lipinski definition) is 5. The molecule has 0 radical (unpaired) electrons. The first-order valence-corrected chi connectivity index (χ1v) is 9.65. The lowest BCUT2D eigenvalue weighted by Crippen LogP contribution is -2.09. The highest BCUT2D eigenvalue weighted by Crippen LogP contribution is 2.25. The van der Waals surface area contributed by atoms with Crippen LogP contribution in [0.2, 0.25) is 0 Å². The fraction of sp³-hybridized carbons (Fsp3) is 0.292. The van der Waals surface area contributed by atoms with Crippen LogP contribution < -0.4 is 0 Å². The molecular formula is C24H25NO4. The van der Waals surface area contributed by atoms with Gasteiger partial charge in [-0.1, -0.05) is 30.3 Å². The summed E-state index contributed by atoms with van der Waals surface area (Å²) in [6.07, 6.45) is 0.920. The smallest absolute Gasteiger partial charge is 0.337 e. The monoisotopic (exact) mass is 391 g/mol. The Morgan fingerprint density at radius 1 is 1.03 bits per heavy atom. The topological polar surface area (TPSA) is 65.5 Å². The average molecular weight is 391 g/mol. The molecule has 0 saturated heterocycles. The summed E-state index contributed by atoms with van der Waals surface area (Å²) >= 11 is 0. The van der Waals surface area contributed by atoms with Crippen LogP contribution in [-0.2, 0) is 16.1 Å². The first-order chi connectivity index (χ1) is 14.0. The second-order valence-electron chi connectivity index (χ2n) is 7.06. The molecule has 3 rings (SSSR count). The van der Waals surface area contributed by atoms with E-state index in [4.69, 9.17) is 9.47 Å². The van der Waals surface area contributed by atoms with Crippen molar-refractivity contribution >= 4 is 22.7 Å². The number of carbonyl (C=O) groups excluding carboxylic acids is 2. The number of esters is 1. The summed E-state index contributed by atoms with van der Waals surface area (Å²) < 4.78 is 10.5. The van der Waals surface area contributed by atoms with Crippen molar-refractivity contribution in [1.29, 1.82) is 0 Å². The van der Waals surface area contributed by atoms with Gasteiger partial charge >= 0.3 is 5.97 Å². The van der Waals surface area contributed by atoms with Gasteiger partial charge in [-0.3, -0.25) is 9.78 Å². The van der Waals surface area contributed by atoms with E-state index in [1.165, 1.54) is 7.11 Å². The molecule has 3 aromatic rings. The van der Waals surface area contributed by atoms with Gasteiger partial charge in [0.2, 0.25) is 0 Å². The molecule has 0 aliphatic heterocycles. The third-order valence-electron chi connectivity index (χ3n) is 4.77. The van der Waals surface area contributed by atoms with Crippen LogP contribution >= 0.6 is 0 Å². The largest absolute Gasteiger partial charge is 0.465 e. The van der Waals surface area contributed by atoms with Crippen LogP contribution in [0.25, 0.3) is 10.9 Å². The molecule has 5 nitrogen and oxygen atoms in total. The van der Waals surface area contributed by atoms with E-state index >= 15 is 0 Å². The zero-order valence-electron chi connectivity index (χ0n) is 17.0. The van der Waals surface area contributed by atoms with E-state index in [1.807, 2.05) is 50.2 Å². The number of aryl methyl sites for hydroxylation is 2. The van der Waals surface area contributed by atoms with E-state index in [2.05, 4.69) is 4.98 Å². The molecule has 1 heterocycles. The summed E-state index contributed by atoms with van der Waals surface area (Å²) in [7, 11) is 1.33. The van der Waals surface area contributed by atoms with E-state index in [-0.39, 0.29) is 5.78 Å². The minimum absolute atomic E-state index is 0.0541. The van der Waals surface area contributed by atoms with Crippen molar-refractivity contribution in [2.45, 2.75) is 33.3 Å². The Morgan fingerprint density at radius 3 is 2.52 bits per heavy atom. The Kier molecular flexibility index (Phi) is 6.73. The number of fused-ring (bicyclic) bond motifs is 1. The third kappa shape index (κ3) is 5.06. The zero-order chi connectivity index (χ0) is 20.8. The minimum atomic E-state index is -0.466. The molecule has 0 aliphatic rings. The molecule has 0 spiro atoms. The van der Waals surface area contributed by atoms with Crippen LogP contribution in [0.1, 0.15) is 50.4 Å². The molecule has 5 heteroatoms. The lowest BCUT2D eigenvalue weighted by Gasteiger charge is -2.11. The first-order valence-electron chi connectivity index (χ1n) is 9.65. The summed E-state index contributed by atoms with van der Waals surface area (Å²) in [5, 5.41) is 0.794. The maximum atomic E-state index is 12.9. The van der Waals surface area contributed by atoms with Crippen LogP contribution in [0.15, 0.2) is 48.5 Å². The van der Waals surface area contributed by atoms with Crippen LogP contribution in [0.5, 0.6) is 0 Å². The quantitative estimate of drug-likeness (QED) is 0.313. The van der Waals surface area contributed by atoms with Gasteiger partial charge in [0.15, 0.2) is 5.78 Å². The van der Waals surface area contributed by atoms with Gasteiger partial charge in [-0.05, 0) is 49.6 Å². The number of methoxy groups -OCH3 is 1. The highest BCUT2D eigenvalue weighted by molar-refractivity contribution is 6.10. The first kappa shape index (κ1) is 20.7. The molecule has 0 amide bonds. The molecule has 0 saturated carbocycles. The number of nitrogens with zero attached hydrogens (tertiary/aromatic N) is 1. The highest BCUT2D eigenvalue weighted by atomic mass is 16.5. The fourth-order valence-electron chi connectivity index (χ4n) is 3.34. The Hall–Kier alpha value is -3.05. The summed E-state index contributed by atoms with van der Waals surface area (Å²) in [4.78, 5) is 29.6. The number of carbonyl (C=O) groups is 2. The summed E-state index contributed by atoms with van der Waals surface area (Å²) in [5.74, 6) is -0.520. The van der Waals surface area contributed by atoms with Gasteiger partial charge in [0, 0.05) is 29.7 Å². The van der Waals surface area contributed by atoms with Gasteiger partial charge in [0.25, 0.3) is 0 Å². The standard InChI is InChI=1S/C24H25NO4/c1-16-12-17(2)25-23-20(16)13-19(24(27)28-3)14-21(23)22(26)10-7-11-29-15-18-8-5-4-6-9-18/h4-6,8-9,12-14H,7,10-11,15H2,1-3H3. The normalized spacial score (nSPS) is 10.9. The molecule has 150 valence electrons. The van der Waals surface area contributed by atoms with E-state index < -0.39 is 5.97 Å². The molecule has 29 heavy (non-hydrogen) atoms. The van der Waals surface area contributed by atoms with Crippen molar-refractivity contribution < 1.29 is 19.1 Å². The van der Waals surface area contributed by atoms with Gasteiger partial charge in [-0.2, -0.15) is 0 Å². The molecule has 0 unspecified atom stereocenters. The van der Waals surface area contributed by atoms with E-state index in [0.29, 0.717) is 42.7 Å².